The van der Waals surface area contributed by atoms with Crippen LogP contribution in [0.15, 0.2) is 36.9 Å². The molecule has 0 fully saturated rings. The molecule has 0 saturated heterocycles. The summed E-state index contributed by atoms with van der Waals surface area (Å²) in [5, 5.41) is 14.7. The number of aryl methyl sites for hydroxylation is 1. The van der Waals surface area contributed by atoms with E-state index in [1.165, 1.54) is 11.9 Å². The molecule has 1 heterocycles. The molecular formula is C13H17N3O. The van der Waals surface area contributed by atoms with Crippen LogP contribution >= 0.6 is 0 Å². The van der Waals surface area contributed by atoms with E-state index in [0.29, 0.717) is 13.0 Å². The van der Waals surface area contributed by atoms with Crippen molar-refractivity contribution in [3.63, 3.8) is 0 Å². The van der Waals surface area contributed by atoms with Crippen molar-refractivity contribution in [2.24, 2.45) is 0 Å². The van der Waals surface area contributed by atoms with Gasteiger partial charge in [0.25, 0.3) is 0 Å². The van der Waals surface area contributed by atoms with Crippen molar-refractivity contribution in [3.8, 4) is 0 Å². The van der Waals surface area contributed by atoms with E-state index < -0.39 is 5.60 Å². The summed E-state index contributed by atoms with van der Waals surface area (Å²) in [4.78, 5) is 3.89. The average Bonchev–Trinajstić information content (AvgIpc) is 2.82. The van der Waals surface area contributed by atoms with Gasteiger partial charge in [-0.2, -0.15) is 5.10 Å². The quantitative estimate of drug-likeness (QED) is 0.874. The molecule has 4 nitrogen and oxygen atoms in total. The minimum atomic E-state index is -0.888. The Hall–Kier alpha value is -1.68. The second-order valence-corrected chi connectivity index (χ2v) is 4.34. The molecule has 0 aliphatic carbocycles. The van der Waals surface area contributed by atoms with E-state index in [-0.39, 0.29) is 0 Å². The van der Waals surface area contributed by atoms with Crippen LogP contribution in [0.1, 0.15) is 24.5 Å². The smallest absolute Gasteiger partial charge is 0.137 e. The molecular weight excluding hydrogens is 214 g/mol. The highest BCUT2D eigenvalue weighted by Gasteiger charge is 2.27. The molecule has 1 aromatic heterocycles. The Morgan fingerprint density at radius 3 is 2.53 bits per heavy atom. The molecule has 0 aliphatic rings. The number of benzene rings is 1. The van der Waals surface area contributed by atoms with Crippen LogP contribution < -0.4 is 0 Å². The number of aromatic nitrogens is 3. The molecule has 0 spiro atoms. The predicted molar refractivity (Wildman–Crippen MR) is 65.4 cm³/mol. The predicted octanol–water partition coefficient (Wildman–Crippen LogP) is 1.88. The molecule has 1 unspecified atom stereocenters. The highest BCUT2D eigenvalue weighted by molar-refractivity contribution is 5.26. The second kappa shape index (κ2) is 4.67. The van der Waals surface area contributed by atoms with Crippen LogP contribution in [-0.4, -0.2) is 19.9 Å². The van der Waals surface area contributed by atoms with E-state index >= 15 is 0 Å². The fourth-order valence-corrected chi connectivity index (χ4v) is 1.85. The zero-order valence-electron chi connectivity index (χ0n) is 10.2. The Morgan fingerprint density at radius 1 is 1.29 bits per heavy atom. The van der Waals surface area contributed by atoms with Gasteiger partial charge in [-0.1, -0.05) is 36.8 Å². The molecule has 1 aromatic carbocycles. The van der Waals surface area contributed by atoms with Crippen molar-refractivity contribution >= 4 is 0 Å². The summed E-state index contributed by atoms with van der Waals surface area (Å²) in [5.74, 6) is 0. The normalized spacial score (nSPS) is 14.5. The summed E-state index contributed by atoms with van der Waals surface area (Å²) in [6.45, 7) is 4.43. The van der Waals surface area contributed by atoms with Crippen molar-refractivity contribution in [2.75, 3.05) is 0 Å². The summed E-state index contributed by atoms with van der Waals surface area (Å²) in [5.41, 5.74) is 1.22. The van der Waals surface area contributed by atoms with Crippen molar-refractivity contribution < 1.29 is 5.11 Å². The highest BCUT2D eigenvalue weighted by atomic mass is 16.3. The lowest BCUT2D eigenvalue weighted by Gasteiger charge is -2.27. The van der Waals surface area contributed by atoms with Gasteiger partial charge in [-0.25, -0.2) is 9.67 Å². The first-order chi connectivity index (χ1) is 8.14. The van der Waals surface area contributed by atoms with E-state index in [0.717, 1.165) is 5.56 Å². The van der Waals surface area contributed by atoms with Crippen LogP contribution in [0.4, 0.5) is 0 Å². The molecule has 0 saturated carbocycles. The molecule has 2 aromatic rings. The molecule has 0 amide bonds. The van der Waals surface area contributed by atoms with Gasteiger partial charge in [-0.05, 0) is 18.9 Å². The average molecular weight is 231 g/mol. The Kier molecular flexibility index (Phi) is 3.24. The monoisotopic (exact) mass is 231 g/mol. The van der Waals surface area contributed by atoms with Crippen LogP contribution in [0.3, 0.4) is 0 Å². The third kappa shape index (κ3) is 2.53. The Labute approximate surface area is 101 Å². The fourth-order valence-electron chi connectivity index (χ4n) is 1.85. The third-order valence-corrected chi connectivity index (χ3v) is 3.06. The van der Waals surface area contributed by atoms with Gasteiger partial charge in [0, 0.05) is 0 Å². The highest BCUT2D eigenvalue weighted by Crippen LogP contribution is 2.26. The largest absolute Gasteiger partial charge is 0.383 e. The maximum absolute atomic E-state index is 10.7. The van der Waals surface area contributed by atoms with E-state index in [9.17, 15) is 5.11 Å². The zero-order valence-corrected chi connectivity index (χ0v) is 10.2. The van der Waals surface area contributed by atoms with Crippen LogP contribution in [0, 0.1) is 6.92 Å². The number of rotatable bonds is 4. The standard InChI is InChI=1S/C13H17N3O/c1-3-13(17,8-16-10-14-9-15-16)12-6-4-11(2)5-7-12/h4-7,9-10,17H,3,8H2,1-2H3. The molecule has 1 N–H and O–H groups in total. The van der Waals surface area contributed by atoms with Gasteiger partial charge in [-0.3, -0.25) is 0 Å². The topological polar surface area (TPSA) is 50.9 Å². The van der Waals surface area contributed by atoms with E-state index in [4.69, 9.17) is 0 Å². The SMILES string of the molecule is CCC(O)(Cn1cncn1)c1ccc(C)cc1. The number of hydrogen-bond acceptors (Lipinski definition) is 3. The van der Waals surface area contributed by atoms with Gasteiger partial charge in [0.2, 0.25) is 0 Å². The summed E-state index contributed by atoms with van der Waals surface area (Å²) in [6, 6.07) is 7.96. The van der Waals surface area contributed by atoms with Crippen LogP contribution in [0.2, 0.25) is 0 Å². The summed E-state index contributed by atoms with van der Waals surface area (Å²) >= 11 is 0. The fraction of sp³-hybridized carbons (Fsp3) is 0.385. The number of nitrogens with zero attached hydrogens (tertiary/aromatic N) is 3. The summed E-state index contributed by atoms with van der Waals surface area (Å²) < 4.78 is 1.66. The summed E-state index contributed by atoms with van der Waals surface area (Å²) in [7, 11) is 0. The second-order valence-electron chi connectivity index (χ2n) is 4.34. The van der Waals surface area contributed by atoms with Crippen LogP contribution in [0.25, 0.3) is 0 Å². The Morgan fingerprint density at radius 2 is 2.00 bits per heavy atom. The first-order valence-electron chi connectivity index (χ1n) is 5.76. The van der Waals surface area contributed by atoms with Gasteiger partial charge in [0.05, 0.1) is 6.54 Å². The molecule has 0 radical (unpaired) electrons. The Balaban J connectivity index is 2.27. The summed E-state index contributed by atoms with van der Waals surface area (Å²) in [6.07, 6.45) is 3.73. The first kappa shape index (κ1) is 11.8. The van der Waals surface area contributed by atoms with Gasteiger partial charge in [-0.15, -0.1) is 0 Å². The number of hydrogen-bond donors (Lipinski definition) is 1. The van der Waals surface area contributed by atoms with Crippen molar-refractivity contribution in [2.45, 2.75) is 32.4 Å². The van der Waals surface area contributed by atoms with E-state index in [1.54, 1.807) is 11.0 Å². The van der Waals surface area contributed by atoms with E-state index in [2.05, 4.69) is 10.1 Å². The maximum atomic E-state index is 10.7. The maximum Gasteiger partial charge on any atom is 0.137 e. The number of aliphatic hydroxyl groups is 1. The van der Waals surface area contributed by atoms with Crippen molar-refractivity contribution in [3.05, 3.63) is 48.0 Å². The van der Waals surface area contributed by atoms with E-state index in [1.807, 2.05) is 38.1 Å². The lowest BCUT2D eigenvalue weighted by Crippen LogP contribution is -2.31. The van der Waals surface area contributed by atoms with Gasteiger partial charge in [0.1, 0.15) is 18.3 Å². The van der Waals surface area contributed by atoms with Gasteiger partial charge < -0.3 is 5.11 Å². The van der Waals surface area contributed by atoms with Crippen LogP contribution in [0.5, 0.6) is 0 Å². The van der Waals surface area contributed by atoms with Crippen LogP contribution in [-0.2, 0) is 12.1 Å². The molecule has 17 heavy (non-hydrogen) atoms. The molecule has 0 bridgehead atoms. The van der Waals surface area contributed by atoms with Crippen molar-refractivity contribution in [1.29, 1.82) is 0 Å². The van der Waals surface area contributed by atoms with Gasteiger partial charge >= 0.3 is 0 Å². The Bertz CT molecular complexity index is 464. The molecule has 4 heteroatoms. The molecule has 0 aliphatic heterocycles. The van der Waals surface area contributed by atoms with Gasteiger partial charge in [0.15, 0.2) is 0 Å². The first-order valence-corrected chi connectivity index (χ1v) is 5.76. The molecule has 1 atom stereocenters. The minimum Gasteiger partial charge on any atom is -0.383 e. The van der Waals surface area contributed by atoms with Crippen molar-refractivity contribution in [1.82, 2.24) is 14.8 Å². The zero-order chi connectivity index (χ0) is 12.3. The lowest BCUT2D eigenvalue weighted by atomic mass is 9.90. The minimum absolute atomic E-state index is 0.423. The lowest BCUT2D eigenvalue weighted by molar-refractivity contribution is 0.0109. The molecule has 2 rings (SSSR count). The molecule has 90 valence electrons. The third-order valence-electron chi connectivity index (χ3n) is 3.06.